The number of nitrogens with zero attached hydrogens (tertiary/aromatic N) is 2. The molecule has 4 heteroatoms. The van der Waals surface area contributed by atoms with Crippen molar-refractivity contribution in [2.45, 2.75) is 13.1 Å². The number of aromatic nitrogens is 2. The Morgan fingerprint density at radius 2 is 1.09 bits per heavy atom. The Labute approximate surface area is 130 Å². The van der Waals surface area contributed by atoms with Crippen LogP contribution < -0.4 is 10.6 Å². The van der Waals surface area contributed by atoms with Gasteiger partial charge >= 0.3 is 0 Å². The maximum absolute atomic E-state index is 4.09. The predicted octanol–water partition coefficient (Wildman–Crippen LogP) is 3.70. The fraction of sp³-hybridized carbons (Fsp3) is 0.111. The van der Waals surface area contributed by atoms with Crippen LogP contribution in [0.2, 0.25) is 0 Å². The van der Waals surface area contributed by atoms with E-state index in [1.165, 1.54) is 11.1 Å². The van der Waals surface area contributed by atoms with Crippen molar-refractivity contribution < 1.29 is 0 Å². The van der Waals surface area contributed by atoms with Gasteiger partial charge in [-0.3, -0.25) is 9.97 Å². The van der Waals surface area contributed by atoms with Crippen molar-refractivity contribution in [1.29, 1.82) is 0 Å². The van der Waals surface area contributed by atoms with Crippen LogP contribution >= 0.6 is 0 Å². The Balaban J connectivity index is 1.52. The van der Waals surface area contributed by atoms with Crippen molar-refractivity contribution in [1.82, 2.24) is 9.97 Å². The van der Waals surface area contributed by atoms with Crippen molar-refractivity contribution in [2.75, 3.05) is 10.6 Å². The second-order valence-electron chi connectivity index (χ2n) is 5.01. The minimum absolute atomic E-state index is 0.794. The van der Waals surface area contributed by atoms with Crippen LogP contribution in [0.5, 0.6) is 0 Å². The Hall–Kier alpha value is -2.88. The van der Waals surface area contributed by atoms with E-state index in [1.807, 2.05) is 36.7 Å². The summed E-state index contributed by atoms with van der Waals surface area (Å²) in [5.74, 6) is 0. The standard InChI is InChI=1S/C18H18N4/c1-3-17(13-19-9-1)21-11-15-5-7-16(8-6-15)12-22-18-4-2-10-20-14-18/h1-10,13-14,21-22H,11-12H2. The van der Waals surface area contributed by atoms with Crippen LogP contribution in [0.15, 0.2) is 73.3 Å². The van der Waals surface area contributed by atoms with Gasteiger partial charge in [-0.05, 0) is 35.4 Å². The predicted molar refractivity (Wildman–Crippen MR) is 89.6 cm³/mol. The molecule has 22 heavy (non-hydrogen) atoms. The molecule has 3 rings (SSSR count). The number of benzene rings is 1. The topological polar surface area (TPSA) is 49.8 Å². The van der Waals surface area contributed by atoms with Gasteiger partial charge in [-0.25, -0.2) is 0 Å². The first-order valence-corrected chi connectivity index (χ1v) is 7.26. The molecule has 110 valence electrons. The van der Waals surface area contributed by atoms with Crippen LogP contribution in [0.1, 0.15) is 11.1 Å². The molecule has 0 fully saturated rings. The van der Waals surface area contributed by atoms with Crippen LogP contribution in [0, 0.1) is 0 Å². The molecule has 0 saturated carbocycles. The van der Waals surface area contributed by atoms with Gasteiger partial charge < -0.3 is 10.6 Å². The SMILES string of the molecule is c1cncc(NCc2ccc(CNc3cccnc3)cc2)c1. The van der Waals surface area contributed by atoms with Crippen molar-refractivity contribution in [2.24, 2.45) is 0 Å². The van der Waals surface area contributed by atoms with Gasteiger partial charge in [0.2, 0.25) is 0 Å². The summed E-state index contributed by atoms with van der Waals surface area (Å²) in [6, 6.07) is 16.4. The van der Waals surface area contributed by atoms with Gasteiger partial charge in [0.25, 0.3) is 0 Å². The van der Waals surface area contributed by atoms with Crippen LogP contribution in [0.25, 0.3) is 0 Å². The molecule has 0 atom stereocenters. The lowest BCUT2D eigenvalue weighted by Crippen LogP contribution is -2.02. The van der Waals surface area contributed by atoms with E-state index in [9.17, 15) is 0 Å². The number of hydrogen-bond acceptors (Lipinski definition) is 4. The molecule has 0 aliphatic rings. The lowest BCUT2D eigenvalue weighted by Gasteiger charge is -2.08. The third-order valence-electron chi connectivity index (χ3n) is 3.34. The fourth-order valence-corrected chi connectivity index (χ4v) is 2.12. The molecule has 2 N–H and O–H groups in total. The number of nitrogens with one attached hydrogen (secondary N) is 2. The van der Waals surface area contributed by atoms with Gasteiger partial charge in [0.1, 0.15) is 0 Å². The highest BCUT2D eigenvalue weighted by molar-refractivity contribution is 5.42. The highest BCUT2D eigenvalue weighted by atomic mass is 14.9. The number of hydrogen-bond donors (Lipinski definition) is 2. The summed E-state index contributed by atoms with van der Waals surface area (Å²) in [7, 11) is 0. The molecule has 3 aromatic rings. The summed E-state index contributed by atoms with van der Waals surface area (Å²) >= 11 is 0. The minimum Gasteiger partial charge on any atom is -0.380 e. The first kappa shape index (κ1) is 14.1. The first-order valence-electron chi connectivity index (χ1n) is 7.26. The summed E-state index contributed by atoms with van der Waals surface area (Å²) < 4.78 is 0. The highest BCUT2D eigenvalue weighted by Gasteiger charge is 1.97. The molecule has 0 aliphatic carbocycles. The molecule has 0 radical (unpaired) electrons. The third-order valence-corrected chi connectivity index (χ3v) is 3.34. The van der Waals surface area contributed by atoms with E-state index in [-0.39, 0.29) is 0 Å². The lowest BCUT2D eigenvalue weighted by atomic mass is 10.1. The van der Waals surface area contributed by atoms with E-state index in [0.29, 0.717) is 0 Å². The highest BCUT2D eigenvalue weighted by Crippen LogP contribution is 2.10. The van der Waals surface area contributed by atoms with Crippen molar-refractivity contribution in [3.05, 3.63) is 84.4 Å². The van der Waals surface area contributed by atoms with Gasteiger partial charge in [-0.1, -0.05) is 24.3 Å². The van der Waals surface area contributed by atoms with Gasteiger partial charge in [-0.2, -0.15) is 0 Å². The van der Waals surface area contributed by atoms with E-state index in [0.717, 1.165) is 24.5 Å². The van der Waals surface area contributed by atoms with E-state index < -0.39 is 0 Å². The molecule has 0 amide bonds. The summed E-state index contributed by atoms with van der Waals surface area (Å²) in [4.78, 5) is 8.18. The summed E-state index contributed by atoms with van der Waals surface area (Å²) in [6.07, 6.45) is 7.20. The largest absolute Gasteiger partial charge is 0.380 e. The maximum atomic E-state index is 4.09. The van der Waals surface area contributed by atoms with E-state index in [2.05, 4.69) is 44.9 Å². The van der Waals surface area contributed by atoms with Gasteiger partial charge in [0.15, 0.2) is 0 Å². The normalized spacial score (nSPS) is 10.2. The molecule has 2 aromatic heterocycles. The molecule has 2 heterocycles. The molecule has 0 saturated heterocycles. The van der Waals surface area contributed by atoms with Crippen LogP contribution in [0.3, 0.4) is 0 Å². The van der Waals surface area contributed by atoms with Gasteiger partial charge in [0.05, 0.1) is 11.4 Å². The zero-order chi connectivity index (χ0) is 15.0. The lowest BCUT2D eigenvalue weighted by molar-refractivity contribution is 1.10. The van der Waals surface area contributed by atoms with Crippen LogP contribution in [-0.2, 0) is 13.1 Å². The minimum atomic E-state index is 0.794. The molecule has 4 nitrogen and oxygen atoms in total. The second kappa shape index (κ2) is 7.22. The Kier molecular flexibility index (Phi) is 4.62. The average molecular weight is 290 g/mol. The summed E-state index contributed by atoms with van der Waals surface area (Å²) in [6.45, 7) is 1.59. The summed E-state index contributed by atoms with van der Waals surface area (Å²) in [5, 5.41) is 6.70. The third kappa shape index (κ3) is 4.06. The molecule has 0 bridgehead atoms. The Morgan fingerprint density at radius 3 is 1.45 bits per heavy atom. The molecular weight excluding hydrogens is 272 g/mol. The van der Waals surface area contributed by atoms with Gasteiger partial charge in [-0.15, -0.1) is 0 Å². The van der Waals surface area contributed by atoms with Crippen molar-refractivity contribution in [3.63, 3.8) is 0 Å². The number of pyridine rings is 2. The quantitative estimate of drug-likeness (QED) is 0.727. The monoisotopic (exact) mass is 290 g/mol. The van der Waals surface area contributed by atoms with Crippen LogP contribution in [-0.4, -0.2) is 9.97 Å². The fourth-order valence-electron chi connectivity index (χ4n) is 2.12. The van der Waals surface area contributed by atoms with Crippen molar-refractivity contribution >= 4 is 11.4 Å². The maximum Gasteiger partial charge on any atom is 0.0529 e. The zero-order valence-electron chi connectivity index (χ0n) is 12.2. The zero-order valence-corrected chi connectivity index (χ0v) is 12.2. The Morgan fingerprint density at radius 1 is 0.636 bits per heavy atom. The Bertz CT molecular complexity index is 619. The van der Waals surface area contributed by atoms with Crippen molar-refractivity contribution in [3.8, 4) is 0 Å². The molecule has 0 unspecified atom stereocenters. The molecule has 0 aliphatic heterocycles. The first-order chi connectivity index (χ1) is 10.9. The smallest absolute Gasteiger partial charge is 0.0529 e. The molecule has 0 spiro atoms. The molecular formula is C18H18N4. The number of anilines is 2. The van der Waals surface area contributed by atoms with E-state index in [1.54, 1.807) is 12.4 Å². The summed E-state index contributed by atoms with van der Waals surface area (Å²) in [5.41, 5.74) is 4.55. The van der Waals surface area contributed by atoms with E-state index >= 15 is 0 Å². The second-order valence-corrected chi connectivity index (χ2v) is 5.01. The van der Waals surface area contributed by atoms with Crippen LogP contribution in [0.4, 0.5) is 11.4 Å². The van der Waals surface area contributed by atoms with Gasteiger partial charge in [0, 0.05) is 37.9 Å². The average Bonchev–Trinajstić information content (AvgIpc) is 2.61. The van der Waals surface area contributed by atoms with E-state index in [4.69, 9.17) is 0 Å². The number of rotatable bonds is 6. The molecule has 1 aromatic carbocycles.